The number of carbonyl (C=O) groups is 1. The molecule has 2 amide bonds. The Morgan fingerprint density at radius 3 is 2.63 bits per heavy atom. The van der Waals surface area contributed by atoms with Crippen LogP contribution in [-0.2, 0) is 13.1 Å². The number of rotatable bonds is 5. The monoisotopic (exact) mass is 374 g/mol. The van der Waals surface area contributed by atoms with E-state index in [1.54, 1.807) is 19.2 Å². The van der Waals surface area contributed by atoms with Gasteiger partial charge in [-0.15, -0.1) is 0 Å². The Labute approximate surface area is 157 Å². The second-order valence-electron chi connectivity index (χ2n) is 6.32. The smallest absolute Gasteiger partial charge is 0.317 e. The van der Waals surface area contributed by atoms with E-state index in [1.165, 1.54) is 18.1 Å². The second-order valence-corrected chi connectivity index (χ2v) is 6.32. The number of carbonyl (C=O) groups excluding carboxylic acids is 1. The molecule has 0 aromatic heterocycles. The molecule has 2 aromatic rings. The molecule has 1 heterocycles. The van der Waals surface area contributed by atoms with Crippen LogP contribution in [0.3, 0.4) is 0 Å². The first-order chi connectivity index (χ1) is 13.1. The van der Waals surface area contributed by atoms with Gasteiger partial charge in [0.2, 0.25) is 0 Å². The highest BCUT2D eigenvalue weighted by Gasteiger charge is 2.13. The summed E-state index contributed by atoms with van der Waals surface area (Å²) in [7, 11) is 3.07. The number of methoxy groups -OCH3 is 1. The molecular formula is C20H23FN2O4. The van der Waals surface area contributed by atoms with Gasteiger partial charge in [-0.25, -0.2) is 9.18 Å². The van der Waals surface area contributed by atoms with Crippen LogP contribution in [0, 0.1) is 5.82 Å². The number of amides is 2. The number of fused-ring (bicyclic) bond motifs is 1. The van der Waals surface area contributed by atoms with Gasteiger partial charge in [-0.3, -0.25) is 0 Å². The van der Waals surface area contributed by atoms with Crippen molar-refractivity contribution in [3.63, 3.8) is 0 Å². The lowest BCUT2D eigenvalue weighted by Crippen LogP contribution is -2.36. The zero-order valence-electron chi connectivity index (χ0n) is 15.5. The molecule has 1 aliphatic heterocycles. The fourth-order valence-corrected chi connectivity index (χ4v) is 2.78. The molecular weight excluding hydrogens is 351 g/mol. The maximum atomic E-state index is 13.8. The topological polar surface area (TPSA) is 60.0 Å². The van der Waals surface area contributed by atoms with Crippen LogP contribution in [-0.4, -0.2) is 38.3 Å². The summed E-state index contributed by atoms with van der Waals surface area (Å²) >= 11 is 0. The van der Waals surface area contributed by atoms with Crippen molar-refractivity contribution in [3.05, 3.63) is 53.3 Å². The van der Waals surface area contributed by atoms with Gasteiger partial charge >= 0.3 is 6.03 Å². The molecule has 0 atom stereocenters. The van der Waals surface area contributed by atoms with Gasteiger partial charge in [0.15, 0.2) is 23.1 Å². The first kappa shape index (κ1) is 18.8. The molecule has 0 spiro atoms. The molecule has 0 radical (unpaired) electrons. The molecule has 7 heteroatoms. The van der Waals surface area contributed by atoms with Crippen LogP contribution in [0.4, 0.5) is 9.18 Å². The summed E-state index contributed by atoms with van der Waals surface area (Å²) < 4.78 is 29.9. The summed E-state index contributed by atoms with van der Waals surface area (Å²) in [5.41, 5.74) is 1.60. The zero-order chi connectivity index (χ0) is 19.2. The van der Waals surface area contributed by atoms with Crippen LogP contribution in [0.25, 0.3) is 0 Å². The molecule has 1 N–H and O–H groups in total. The fourth-order valence-electron chi connectivity index (χ4n) is 2.78. The first-order valence-corrected chi connectivity index (χ1v) is 8.76. The Morgan fingerprint density at radius 2 is 1.89 bits per heavy atom. The number of urea groups is 1. The van der Waals surface area contributed by atoms with Crippen LogP contribution >= 0.6 is 0 Å². The Bertz CT molecular complexity index is 813. The van der Waals surface area contributed by atoms with Crippen molar-refractivity contribution in [2.75, 3.05) is 27.4 Å². The van der Waals surface area contributed by atoms with E-state index < -0.39 is 5.82 Å². The van der Waals surface area contributed by atoms with Crippen molar-refractivity contribution in [3.8, 4) is 17.2 Å². The minimum atomic E-state index is -0.448. The predicted octanol–water partition coefficient (Wildman–Crippen LogP) is 3.34. The molecule has 0 bridgehead atoms. The summed E-state index contributed by atoms with van der Waals surface area (Å²) in [6.07, 6.45) is 0.845. The molecule has 2 aromatic carbocycles. The van der Waals surface area contributed by atoms with Gasteiger partial charge in [0.1, 0.15) is 0 Å². The van der Waals surface area contributed by atoms with Crippen LogP contribution < -0.4 is 19.5 Å². The van der Waals surface area contributed by atoms with Crippen LogP contribution in [0.15, 0.2) is 36.4 Å². The normalized spacial score (nSPS) is 12.9. The minimum Gasteiger partial charge on any atom is -0.494 e. The van der Waals surface area contributed by atoms with Crippen molar-refractivity contribution in [2.45, 2.75) is 19.5 Å². The number of halogens is 1. The van der Waals surface area contributed by atoms with E-state index in [0.717, 1.165) is 17.7 Å². The van der Waals surface area contributed by atoms with Crippen molar-refractivity contribution in [2.24, 2.45) is 0 Å². The van der Waals surface area contributed by atoms with E-state index in [0.29, 0.717) is 31.1 Å². The summed E-state index contributed by atoms with van der Waals surface area (Å²) in [6.45, 7) is 1.90. The number of ether oxygens (including phenoxy) is 3. The van der Waals surface area contributed by atoms with Gasteiger partial charge in [0.25, 0.3) is 0 Å². The molecule has 27 heavy (non-hydrogen) atoms. The van der Waals surface area contributed by atoms with E-state index in [9.17, 15) is 9.18 Å². The largest absolute Gasteiger partial charge is 0.494 e. The summed E-state index contributed by atoms with van der Waals surface area (Å²) in [5.74, 6) is 1.15. The molecule has 6 nitrogen and oxygen atoms in total. The lowest BCUT2D eigenvalue weighted by atomic mass is 10.2. The molecule has 0 saturated carbocycles. The summed E-state index contributed by atoms with van der Waals surface area (Å²) in [6, 6.07) is 10.0. The zero-order valence-corrected chi connectivity index (χ0v) is 15.5. The highest BCUT2D eigenvalue weighted by molar-refractivity contribution is 5.73. The molecule has 0 saturated heterocycles. The maximum absolute atomic E-state index is 13.8. The second kappa shape index (κ2) is 8.62. The van der Waals surface area contributed by atoms with Crippen molar-refractivity contribution in [1.82, 2.24) is 10.2 Å². The highest BCUT2D eigenvalue weighted by atomic mass is 19.1. The van der Waals surface area contributed by atoms with E-state index in [2.05, 4.69) is 5.32 Å². The standard InChI is InChI=1S/C20H23FN2O4/c1-23(13-15-5-6-17(25-2)16(21)10-15)20(24)22-12-14-4-7-18-19(11-14)27-9-3-8-26-18/h4-7,10-11H,3,8-9,12-13H2,1-2H3,(H,22,24). The number of benzene rings is 2. The van der Waals surface area contributed by atoms with Gasteiger partial charge in [-0.2, -0.15) is 0 Å². The molecule has 0 unspecified atom stereocenters. The lowest BCUT2D eigenvalue weighted by Gasteiger charge is -2.19. The number of nitrogens with zero attached hydrogens (tertiary/aromatic N) is 1. The Morgan fingerprint density at radius 1 is 1.15 bits per heavy atom. The minimum absolute atomic E-state index is 0.181. The third-order valence-electron chi connectivity index (χ3n) is 4.24. The van der Waals surface area contributed by atoms with Crippen molar-refractivity contribution < 1.29 is 23.4 Å². The van der Waals surface area contributed by atoms with Crippen molar-refractivity contribution in [1.29, 1.82) is 0 Å². The quantitative estimate of drug-likeness (QED) is 0.872. The average molecular weight is 374 g/mol. The van der Waals surface area contributed by atoms with Crippen LogP contribution in [0.2, 0.25) is 0 Å². The summed E-state index contributed by atoms with van der Waals surface area (Å²) in [4.78, 5) is 13.8. The molecule has 3 rings (SSSR count). The Balaban J connectivity index is 1.55. The lowest BCUT2D eigenvalue weighted by molar-refractivity contribution is 0.206. The third-order valence-corrected chi connectivity index (χ3v) is 4.24. The van der Waals surface area contributed by atoms with Crippen LogP contribution in [0.5, 0.6) is 17.2 Å². The fraction of sp³-hybridized carbons (Fsp3) is 0.350. The van der Waals surface area contributed by atoms with Crippen LogP contribution in [0.1, 0.15) is 17.5 Å². The molecule has 144 valence electrons. The number of hydrogen-bond acceptors (Lipinski definition) is 4. The Kier molecular flexibility index (Phi) is 6.01. The van der Waals surface area contributed by atoms with Gasteiger partial charge in [0.05, 0.1) is 20.3 Å². The average Bonchev–Trinajstić information content (AvgIpc) is 2.91. The van der Waals surface area contributed by atoms with Gasteiger partial charge in [-0.05, 0) is 35.4 Å². The SMILES string of the molecule is COc1ccc(CN(C)C(=O)NCc2ccc3c(c2)OCCCO3)cc1F. The van der Waals surface area contributed by atoms with Gasteiger partial charge < -0.3 is 24.4 Å². The van der Waals surface area contributed by atoms with Gasteiger partial charge in [-0.1, -0.05) is 12.1 Å². The number of hydrogen-bond donors (Lipinski definition) is 1. The molecule has 1 aliphatic rings. The van der Waals surface area contributed by atoms with E-state index >= 15 is 0 Å². The van der Waals surface area contributed by atoms with E-state index in [-0.39, 0.29) is 18.3 Å². The molecule has 0 fully saturated rings. The Hall–Kier alpha value is -2.96. The molecule has 0 aliphatic carbocycles. The highest BCUT2D eigenvalue weighted by Crippen LogP contribution is 2.30. The van der Waals surface area contributed by atoms with Gasteiger partial charge in [0, 0.05) is 26.6 Å². The maximum Gasteiger partial charge on any atom is 0.317 e. The summed E-state index contributed by atoms with van der Waals surface area (Å²) in [5, 5.41) is 2.85. The first-order valence-electron chi connectivity index (χ1n) is 8.76. The number of nitrogens with one attached hydrogen (secondary N) is 1. The predicted molar refractivity (Wildman–Crippen MR) is 98.7 cm³/mol. The van der Waals surface area contributed by atoms with E-state index in [4.69, 9.17) is 14.2 Å². The third kappa shape index (κ3) is 4.81. The van der Waals surface area contributed by atoms with E-state index in [1.807, 2.05) is 18.2 Å². The van der Waals surface area contributed by atoms with Crippen molar-refractivity contribution >= 4 is 6.03 Å².